The van der Waals surface area contributed by atoms with Crippen LogP contribution in [0.2, 0.25) is 0 Å². The smallest absolute Gasteiger partial charge is 0.253 e. The molecule has 1 saturated heterocycles. The predicted octanol–water partition coefficient (Wildman–Crippen LogP) is 6.50. The van der Waals surface area contributed by atoms with E-state index in [2.05, 4.69) is 6.58 Å². The third kappa shape index (κ3) is 5.43. The summed E-state index contributed by atoms with van der Waals surface area (Å²) < 4.78 is 61.8. The Morgan fingerprint density at radius 3 is 2.28 bits per heavy atom. The number of benzene rings is 3. The number of likely N-dealkylation sites (tertiary alicyclic amines) is 1. The topological polar surface area (TPSA) is 76.5 Å². The zero-order chi connectivity index (χ0) is 27.9. The van der Waals surface area contributed by atoms with E-state index >= 15 is 0 Å². The third-order valence-corrected chi connectivity index (χ3v) is 6.87. The molecular weight excluding hydrogens is 512 g/mol. The van der Waals surface area contributed by atoms with Crippen molar-refractivity contribution in [1.82, 2.24) is 4.90 Å². The number of fused-ring (bicyclic) bond motifs is 1. The van der Waals surface area contributed by atoms with Crippen LogP contribution in [-0.4, -0.2) is 35.7 Å². The molecule has 0 spiro atoms. The molecule has 2 amide bonds. The Bertz CT molecular complexity index is 1600. The average Bonchev–Trinajstić information content (AvgIpc) is 3.31. The maximum Gasteiger partial charge on any atom is 0.253 e. The first kappa shape index (κ1) is 26.2. The van der Waals surface area contributed by atoms with Gasteiger partial charge in [0.15, 0.2) is 0 Å². The van der Waals surface area contributed by atoms with Crippen LogP contribution >= 0.6 is 0 Å². The summed E-state index contributed by atoms with van der Waals surface area (Å²) in [5, 5.41) is 0.577. The fraction of sp³-hybridized carbons (Fsp3) is 0.200. The molecule has 5 rings (SSSR count). The van der Waals surface area contributed by atoms with Gasteiger partial charge in [0.2, 0.25) is 5.91 Å². The third-order valence-electron chi connectivity index (χ3n) is 6.87. The van der Waals surface area contributed by atoms with Gasteiger partial charge in [-0.25, -0.2) is 17.6 Å². The van der Waals surface area contributed by atoms with Gasteiger partial charge in [-0.05, 0) is 59.7 Å². The van der Waals surface area contributed by atoms with Gasteiger partial charge in [0.05, 0.1) is 0 Å². The number of halogens is 4. The Hall–Kier alpha value is -4.40. The summed E-state index contributed by atoms with van der Waals surface area (Å²) in [6.45, 7) is 3.61. The first-order chi connectivity index (χ1) is 18.5. The highest BCUT2D eigenvalue weighted by Crippen LogP contribution is 2.38. The van der Waals surface area contributed by atoms with E-state index in [1.165, 1.54) is 4.90 Å². The van der Waals surface area contributed by atoms with Crippen molar-refractivity contribution in [2.45, 2.75) is 25.2 Å². The van der Waals surface area contributed by atoms with E-state index in [1.807, 2.05) is 0 Å². The van der Waals surface area contributed by atoms with Gasteiger partial charge in [-0.3, -0.25) is 9.59 Å². The van der Waals surface area contributed by atoms with Crippen LogP contribution in [0, 0.1) is 11.6 Å². The minimum Gasteiger partial charge on any atom is -0.460 e. The summed E-state index contributed by atoms with van der Waals surface area (Å²) in [5.74, 6) is -4.67. The first-order valence-electron chi connectivity index (χ1n) is 12.3. The molecule has 2 N–H and O–H groups in total. The number of carbonyl (C=O) groups is 2. The number of alkyl halides is 2. The van der Waals surface area contributed by atoms with E-state index in [1.54, 1.807) is 42.5 Å². The highest BCUT2D eigenvalue weighted by atomic mass is 19.3. The van der Waals surface area contributed by atoms with Gasteiger partial charge >= 0.3 is 0 Å². The monoisotopic (exact) mass is 536 g/mol. The van der Waals surface area contributed by atoms with Crippen molar-refractivity contribution in [3.63, 3.8) is 0 Å². The molecule has 1 aliphatic rings. The van der Waals surface area contributed by atoms with Crippen molar-refractivity contribution in [3.8, 4) is 22.3 Å². The zero-order valence-corrected chi connectivity index (χ0v) is 20.8. The number of rotatable bonds is 6. The molecule has 9 heteroatoms. The predicted molar refractivity (Wildman–Crippen MR) is 139 cm³/mol. The summed E-state index contributed by atoms with van der Waals surface area (Å²) in [4.78, 5) is 25.7. The van der Waals surface area contributed by atoms with Gasteiger partial charge < -0.3 is 15.1 Å². The quantitative estimate of drug-likeness (QED) is 0.226. The number of carbonyl (C=O) groups excluding carboxylic acids is 2. The van der Waals surface area contributed by atoms with Crippen molar-refractivity contribution in [1.29, 1.82) is 0 Å². The van der Waals surface area contributed by atoms with Crippen LogP contribution in [0.25, 0.3) is 33.2 Å². The van der Waals surface area contributed by atoms with E-state index in [0.29, 0.717) is 39.0 Å². The van der Waals surface area contributed by atoms with E-state index < -0.39 is 23.5 Å². The van der Waals surface area contributed by atoms with Crippen molar-refractivity contribution < 1.29 is 31.6 Å². The Morgan fingerprint density at radius 2 is 1.62 bits per heavy atom. The number of nitrogens with zero attached hydrogens (tertiary/aromatic N) is 1. The van der Waals surface area contributed by atoms with Gasteiger partial charge in [-0.1, -0.05) is 18.7 Å². The highest BCUT2D eigenvalue weighted by molar-refractivity contribution is 5.98. The summed E-state index contributed by atoms with van der Waals surface area (Å²) in [6, 6.07) is 14.9. The summed E-state index contributed by atoms with van der Waals surface area (Å²) in [6.07, 6.45) is -0.685. The number of hydrogen-bond donors (Lipinski definition) is 1. The van der Waals surface area contributed by atoms with E-state index in [0.717, 1.165) is 18.2 Å². The molecule has 0 unspecified atom stereocenters. The molecule has 0 saturated carbocycles. The maximum absolute atomic E-state index is 14.8. The Balaban J connectivity index is 1.53. The van der Waals surface area contributed by atoms with Crippen molar-refractivity contribution in [2.24, 2.45) is 5.73 Å². The van der Waals surface area contributed by atoms with Crippen LogP contribution in [0.4, 0.5) is 17.6 Å². The average molecular weight is 537 g/mol. The highest BCUT2D eigenvalue weighted by Gasteiger charge is 2.35. The lowest BCUT2D eigenvalue weighted by molar-refractivity contribution is -0.114. The van der Waals surface area contributed by atoms with Crippen LogP contribution in [0.3, 0.4) is 0 Å². The SMILES string of the molecule is C=C(Cc1cc2cc(-c3ccc(C(=O)N4CCC(F)(F)CC4)cc3)cc(-c3cc(F)ccc3F)c2o1)C(N)=O. The first-order valence-corrected chi connectivity index (χ1v) is 12.3. The molecule has 1 fully saturated rings. The fourth-order valence-corrected chi connectivity index (χ4v) is 4.69. The lowest BCUT2D eigenvalue weighted by Gasteiger charge is -2.31. The normalized spacial score (nSPS) is 14.9. The molecule has 0 radical (unpaired) electrons. The number of hydrogen-bond acceptors (Lipinski definition) is 3. The van der Waals surface area contributed by atoms with Crippen LogP contribution in [0.5, 0.6) is 0 Å². The molecule has 3 aromatic carbocycles. The molecule has 4 aromatic rings. The molecule has 0 atom stereocenters. The molecule has 0 aliphatic carbocycles. The van der Waals surface area contributed by atoms with E-state index in [9.17, 15) is 27.2 Å². The van der Waals surface area contributed by atoms with Gasteiger partial charge in [-0.2, -0.15) is 0 Å². The Morgan fingerprint density at radius 1 is 0.923 bits per heavy atom. The molecule has 200 valence electrons. The van der Waals surface area contributed by atoms with Crippen molar-refractivity contribution >= 4 is 22.8 Å². The minimum atomic E-state index is -2.75. The van der Waals surface area contributed by atoms with Crippen LogP contribution in [0.1, 0.15) is 29.0 Å². The standard InChI is InChI=1S/C30H24F4N2O3/c1-17(28(35)37)12-23-14-21-13-20(15-25(27(21)39-23)24-16-22(31)6-7-26(24)32)18-2-4-19(5-3-18)29(38)36-10-8-30(33,34)9-11-36/h2-7,13-16H,1,8-12H2,(H2,35,37). The maximum atomic E-state index is 14.8. The molecule has 1 aromatic heterocycles. The van der Waals surface area contributed by atoms with Gasteiger partial charge in [0.1, 0.15) is 23.0 Å². The molecule has 5 nitrogen and oxygen atoms in total. The summed E-state index contributed by atoms with van der Waals surface area (Å²) >= 11 is 0. The molecule has 0 bridgehead atoms. The van der Waals surface area contributed by atoms with Crippen molar-refractivity contribution in [2.75, 3.05) is 13.1 Å². The Labute approximate surface area is 221 Å². The van der Waals surface area contributed by atoms with Crippen LogP contribution in [0.15, 0.2) is 77.2 Å². The summed E-state index contributed by atoms with van der Waals surface area (Å²) in [7, 11) is 0. The van der Waals surface area contributed by atoms with Crippen LogP contribution in [-0.2, 0) is 11.2 Å². The second-order valence-corrected chi connectivity index (χ2v) is 9.65. The molecule has 1 aliphatic heterocycles. The Kier molecular flexibility index (Phi) is 6.76. The largest absolute Gasteiger partial charge is 0.460 e. The summed E-state index contributed by atoms with van der Waals surface area (Å²) in [5.41, 5.74) is 7.69. The number of amides is 2. The fourth-order valence-electron chi connectivity index (χ4n) is 4.69. The number of primary amides is 1. The molecular formula is C30H24F4N2O3. The second kappa shape index (κ2) is 10.1. The lowest BCUT2D eigenvalue weighted by Crippen LogP contribution is -2.42. The van der Waals surface area contributed by atoms with E-state index in [-0.39, 0.29) is 49.4 Å². The lowest BCUT2D eigenvalue weighted by atomic mass is 9.95. The number of furan rings is 1. The zero-order valence-electron chi connectivity index (χ0n) is 20.8. The molecule has 2 heterocycles. The van der Waals surface area contributed by atoms with Gasteiger partial charge in [-0.15, -0.1) is 0 Å². The van der Waals surface area contributed by atoms with Crippen molar-refractivity contribution in [3.05, 3.63) is 95.8 Å². The van der Waals surface area contributed by atoms with E-state index in [4.69, 9.17) is 10.2 Å². The van der Waals surface area contributed by atoms with Gasteiger partial charge in [0.25, 0.3) is 11.8 Å². The number of piperidine rings is 1. The van der Waals surface area contributed by atoms with Crippen LogP contribution < -0.4 is 5.73 Å². The second-order valence-electron chi connectivity index (χ2n) is 9.65. The minimum absolute atomic E-state index is 0.00910. The molecule has 39 heavy (non-hydrogen) atoms. The number of nitrogens with two attached hydrogens (primary N) is 1. The van der Waals surface area contributed by atoms with Gasteiger partial charge in [0, 0.05) is 60.0 Å².